The molecule has 1 aliphatic carbocycles. The van der Waals surface area contributed by atoms with Gasteiger partial charge in [0.05, 0.1) is 0 Å². The summed E-state index contributed by atoms with van der Waals surface area (Å²) in [5.41, 5.74) is 4.23. The van der Waals surface area contributed by atoms with Gasteiger partial charge in [-0.05, 0) is 49.4 Å². The molecule has 2 unspecified atom stereocenters. The van der Waals surface area contributed by atoms with Gasteiger partial charge >= 0.3 is 0 Å². The zero-order chi connectivity index (χ0) is 13.8. The van der Waals surface area contributed by atoms with Crippen LogP contribution in [0.1, 0.15) is 41.5 Å². The van der Waals surface area contributed by atoms with E-state index in [2.05, 4.69) is 52.8 Å². The normalized spacial score (nSPS) is 18.8. The number of nitrogens with one attached hydrogen (secondary N) is 1. The van der Waals surface area contributed by atoms with Crippen LogP contribution in [-0.2, 0) is 6.42 Å². The van der Waals surface area contributed by atoms with E-state index in [0.29, 0.717) is 11.8 Å². The zero-order valence-electron chi connectivity index (χ0n) is 12.0. The van der Waals surface area contributed by atoms with Crippen LogP contribution >= 0.6 is 0 Å². The fraction of sp³-hybridized carbons (Fsp3) is 0.389. The van der Waals surface area contributed by atoms with Gasteiger partial charge in [0.15, 0.2) is 0 Å². The Hall–Kier alpha value is -1.67. The quantitative estimate of drug-likeness (QED) is 0.896. The molecule has 0 saturated heterocycles. The number of pyridine rings is 1. The van der Waals surface area contributed by atoms with Crippen molar-refractivity contribution in [3.8, 4) is 0 Å². The van der Waals surface area contributed by atoms with Crippen molar-refractivity contribution in [1.82, 2.24) is 10.3 Å². The van der Waals surface area contributed by atoms with Crippen molar-refractivity contribution in [2.24, 2.45) is 0 Å². The number of hydrogen-bond acceptors (Lipinski definition) is 2. The Bertz CT molecular complexity index is 550. The largest absolute Gasteiger partial charge is 0.319 e. The first-order valence-corrected chi connectivity index (χ1v) is 7.52. The molecule has 1 aliphatic rings. The van der Waals surface area contributed by atoms with Gasteiger partial charge in [-0.25, -0.2) is 0 Å². The Labute approximate surface area is 121 Å². The number of aryl methyl sites for hydroxylation is 1. The lowest BCUT2D eigenvalue weighted by molar-refractivity contribution is 0.503. The first kappa shape index (κ1) is 13.3. The lowest BCUT2D eigenvalue weighted by Gasteiger charge is -2.21. The van der Waals surface area contributed by atoms with Gasteiger partial charge in [0.25, 0.3) is 0 Å². The summed E-state index contributed by atoms with van der Waals surface area (Å²) >= 11 is 0. The average molecular weight is 266 g/mol. The first-order valence-electron chi connectivity index (χ1n) is 7.52. The maximum atomic E-state index is 4.63. The van der Waals surface area contributed by atoms with Crippen LogP contribution < -0.4 is 5.32 Å². The van der Waals surface area contributed by atoms with E-state index in [1.165, 1.54) is 36.1 Å². The van der Waals surface area contributed by atoms with Gasteiger partial charge in [-0.1, -0.05) is 36.4 Å². The number of likely N-dealkylation sites (N-methyl/N-ethyl adjacent to an activating group) is 1. The molecule has 3 rings (SSSR count). The lowest BCUT2D eigenvalue weighted by atomic mass is 9.87. The number of rotatable bonds is 5. The molecule has 2 aromatic rings. The van der Waals surface area contributed by atoms with Crippen LogP contribution in [0.3, 0.4) is 0 Å². The van der Waals surface area contributed by atoms with E-state index in [0.717, 1.165) is 6.54 Å². The van der Waals surface area contributed by atoms with Crippen LogP contribution in [-0.4, -0.2) is 18.6 Å². The molecule has 0 saturated carbocycles. The number of aromatic nitrogens is 1. The summed E-state index contributed by atoms with van der Waals surface area (Å²) in [5.74, 6) is 1.18. The second-order valence-electron chi connectivity index (χ2n) is 5.68. The molecule has 2 heteroatoms. The van der Waals surface area contributed by atoms with Crippen molar-refractivity contribution in [3.63, 3.8) is 0 Å². The molecule has 0 spiro atoms. The van der Waals surface area contributed by atoms with Gasteiger partial charge in [-0.15, -0.1) is 0 Å². The molecule has 0 aliphatic heterocycles. The van der Waals surface area contributed by atoms with Crippen LogP contribution in [0, 0.1) is 0 Å². The summed E-state index contributed by atoms with van der Waals surface area (Å²) in [6.07, 6.45) is 5.57. The highest BCUT2D eigenvalue weighted by molar-refractivity contribution is 5.30. The van der Waals surface area contributed by atoms with Crippen molar-refractivity contribution >= 4 is 0 Å². The predicted molar refractivity (Wildman–Crippen MR) is 83.0 cm³/mol. The molecule has 2 nitrogen and oxygen atoms in total. The van der Waals surface area contributed by atoms with Crippen LogP contribution in [0.2, 0.25) is 0 Å². The minimum Gasteiger partial charge on any atom is -0.319 e. The van der Waals surface area contributed by atoms with E-state index in [4.69, 9.17) is 0 Å². The highest BCUT2D eigenvalue weighted by Gasteiger charge is 2.26. The van der Waals surface area contributed by atoms with E-state index >= 15 is 0 Å². The number of hydrogen-bond donors (Lipinski definition) is 1. The topological polar surface area (TPSA) is 24.9 Å². The van der Waals surface area contributed by atoms with E-state index in [9.17, 15) is 0 Å². The van der Waals surface area contributed by atoms with Gasteiger partial charge in [-0.3, -0.25) is 4.98 Å². The Morgan fingerprint density at radius 1 is 1.20 bits per heavy atom. The third-order valence-corrected chi connectivity index (χ3v) is 4.37. The van der Waals surface area contributed by atoms with E-state index < -0.39 is 0 Å². The lowest BCUT2D eigenvalue weighted by Crippen LogP contribution is -2.19. The van der Waals surface area contributed by atoms with Gasteiger partial charge < -0.3 is 5.32 Å². The van der Waals surface area contributed by atoms with Crippen molar-refractivity contribution in [3.05, 3.63) is 65.5 Å². The number of benzene rings is 1. The fourth-order valence-electron chi connectivity index (χ4n) is 3.38. The van der Waals surface area contributed by atoms with Crippen molar-refractivity contribution in [1.29, 1.82) is 0 Å². The van der Waals surface area contributed by atoms with Crippen molar-refractivity contribution in [2.45, 2.75) is 31.1 Å². The first-order chi connectivity index (χ1) is 9.88. The molecule has 1 N–H and O–H groups in total. The molecule has 1 aromatic heterocycles. The summed E-state index contributed by atoms with van der Waals surface area (Å²) in [6, 6.07) is 15.2. The SMILES string of the molecule is CNCC(CC1CCc2cccnc21)c1ccccc1. The Morgan fingerprint density at radius 3 is 2.85 bits per heavy atom. The monoisotopic (exact) mass is 266 g/mol. The van der Waals surface area contributed by atoms with Crippen molar-refractivity contribution in [2.75, 3.05) is 13.6 Å². The minimum atomic E-state index is 0.569. The van der Waals surface area contributed by atoms with Gasteiger partial charge in [-0.2, -0.15) is 0 Å². The van der Waals surface area contributed by atoms with Gasteiger partial charge in [0.1, 0.15) is 0 Å². The second kappa shape index (κ2) is 6.19. The van der Waals surface area contributed by atoms with E-state index in [1.807, 2.05) is 13.2 Å². The molecule has 1 aromatic carbocycles. The second-order valence-corrected chi connectivity index (χ2v) is 5.68. The third kappa shape index (κ3) is 2.75. The highest BCUT2D eigenvalue weighted by Crippen LogP contribution is 2.38. The van der Waals surface area contributed by atoms with Gasteiger partial charge in [0, 0.05) is 24.4 Å². The summed E-state index contributed by atoms with van der Waals surface area (Å²) < 4.78 is 0. The van der Waals surface area contributed by atoms with E-state index in [1.54, 1.807) is 0 Å². The highest BCUT2D eigenvalue weighted by atomic mass is 14.8. The molecule has 2 atom stereocenters. The maximum Gasteiger partial charge on any atom is 0.0466 e. The smallest absolute Gasteiger partial charge is 0.0466 e. The summed E-state index contributed by atoms with van der Waals surface area (Å²) in [7, 11) is 2.04. The summed E-state index contributed by atoms with van der Waals surface area (Å²) in [5, 5.41) is 3.34. The molecular formula is C18H22N2. The Morgan fingerprint density at radius 2 is 2.05 bits per heavy atom. The average Bonchev–Trinajstić information content (AvgIpc) is 2.91. The molecule has 0 amide bonds. The Balaban J connectivity index is 1.78. The zero-order valence-corrected chi connectivity index (χ0v) is 12.0. The summed E-state index contributed by atoms with van der Waals surface area (Å²) in [6.45, 7) is 1.03. The fourth-order valence-corrected chi connectivity index (χ4v) is 3.38. The van der Waals surface area contributed by atoms with Crippen LogP contribution in [0.15, 0.2) is 48.7 Å². The molecule has 1 heterocycles. The summed E-state index contributed by atoms with van der Waals surface area (Å²) in [4.78, 5) is 4.63. The molecular weight excluding hydrogens is 244 g/mol. The molecule has 0 fully saturated rings. The molecule has 20 heavy (non-hydrogen) atoms. The van der Waals surface area contributed by atoms with E-state index in [-0.39, 0.29) is 0 Å². The predicted octanol–water partition coefficient (Wildman–Crippen LogP) is 3.50. The third-order valence-electron chi connectivity index (χ3n) is 4.37. The number of nitrogens with zero attached hydrogens (tertiary/aromatic N) is 1. The van der Waals surface area contributed by atoms with Crippen LogP contribution in [0.4, 0.5) is 0 Å². The molecule has 0 bridgehead atoms. The number of fused-ring (bicyclic) bond motifs is 1. The minimum absolute atomic E-state index is 0.569. The van der Waals surface area contributed by atoms with Crippen LogP contribution in [0.5, 0.6) is 0 Å². The molecule has 104 valence electrons. The standard InChI is InChI=1S/C18H22N2/c1-19-13-17(14-6-3-2-4-7-14)12-16-10-9-15-8-5-11-20-18(15)16/h2-8,11,16-17,19H,9-10,12-13H2,1H3. The maximum absolute atomic E-state index is 4.63. The Kier molecular flexibility index (Phi) is 4.12. The van der Waals surface area contributed by atoms with Crippen LogP contribution in [0.25, 0.3) is 0 Å². The molecule has 0 radical (unpaired) electrons. The van der Waals surface area contributed by atoms with Crippen molar-refractivity contribution < 1.29 is 0 Å². The van der Waals surface area contributed by atoms with Gasteiger partial charge in [0.2, 0.25) is 0 Å².